The number of allylic oxidation sites excluding steroid dienone is 2. The summed E-state index contributed by atoms with van der Waals surface area (Å²) in [6.07, 6.45) is 21.1. The minimum absolute atomic E-state index is 0.00355. The van der Waals surface area contributed by atoms with E-state index in [1.54, 1.807) is 0 Å². The Hall–Kier alpha value is -3.12. The molecule has 0 unspecified atom stereocenters. The van der Waals surface area contributed by atoms with Crippen LogP contribution in [0.4, 0.5) is 5.69 Å². The fourth-order valence-corrected chi connectivity index (χ4v) is 23.4. The van der Waals surface area contributed by atoms with Crippen molar-refractivity contribution in [2.24, 2.45) is 80.8 Å². The van der Waals surface area contributed by atoms with Crippen molar-refractivity contribution in [2.45, 2.75) is 223 Å². The lowest BCUT2D eigenvalue weighted by atomic mass is 9.29. The summed E-state index contributed by atoms with van der Waals surface area (Å²) in [6.45, 7) is 10.2. The average molecular weight is 1070 g/mol. The minimum Gasteiger partial charge on any atom is -0.508 e. The number of benzene rings is 2. The Labute approximate surface area is 466 Å². The van der Waals surface area contributed by atoms with Gasteiger partial charge in [-0.2, -0.15) is 0 Å². The lowest BCUT2D eigenvalue weighted by Gasteiger charge is -2.75. The van der Waals surface area contributed by atoms with Gasteiger partial charge in [-0.25, -0.2) is 0 Å². The van der Waals surface area contributed by atoms with Crippen molar-refractivity contribution in [3.05, 3.63) is 70.3 Å². The highest BCUT2D eigenvalue weighted by Gasteiger charge is 2.78. The number of anilines is 1. The number of aromatic hydroxyl groups is 1. The van der Waals surface area contributed by atoms with Gasteiger partial charge in [0.25, 0.3) is 0 Å². The summed E-state index contributed by atoms with van der Waals surface area (Å²) in [4.78, 5) is 32.5. The molecule has 0 amide bonds. The first-order valence-electron chi connectivity index (χ1n) is 32.0. The maximum absolute atomic E-state index is 16.3. The van der Waals surface area contributed by atoms with Gasteiger partial charge in [-0.3, -0.25) is 9.59 Å². The maximum atomic E-state index is 16.3. The first-order chi connectivity index (χ1) is 37.4. The van der Waals surface area contributed by atoms with Crippen molar-refractivity contribution in [1.29, 1.82) is 0 Å². The Morgan fingerprint density at radius 3 is 2.35 bits per heavy atom. The lowest BCUT2D eigenvalue weighted by Crippen LogP contribution is -2.74. The van der Waals surface area contributed by atoms with Gasteiger partial charge in [-0.15, -0.1) is 0 Å². The van der Waals surface area contributed by atoms with Crippen molar-refractivity contribution < 1.29 is 34.8 Å². The third-order valence-corrected chi connectivity index (χ3v) is 26.1. The molecule has 426 valence electrons. The van der Waals surface area contributed by atoms with E-state index in [1.807, 2.05) is 32.2 Å². The third kappa shape index (κ3) is 8.08. The average Bonchev–Trinajstić information content (AvgIpc) is 4.02. The van der Waals surface area contributed by atoms with E-state index in [0.717, 1.165) is 138 Å². The molecule has 0 radical (unpaired) electrons. The number of ether oxygens (including phenoxy) is 1. The number of carbonyl (C=O) groups is 2. The van der Waals surface area contributed by atoms with Crippen molar-refractivity contribution >= 4 is 17.3 Å². The van der Waals surface area contributed by atoms with Crippen LogP contribution in [0.3, 0.4) is 0 Å². The van der Waals surface area contributed by atoms with Crippen LogP contribution in [0, 0.1) is 80.8 Å². The summed E-state index contributed by atoms with van der Waals surface area (Å²) in [7, 11) is 1.93. The third-order valence-electron chi connectivity index (χ3n) is 26.1. The highest BCUT2D eigenvalue weighted by atomic mass is 16.6. The van der Waals surface area contributed by atoms with Gasteiger partial charge in [-0.05, 0) is 233 Å². The zero-order valence-electron chi connectivity index (χ0n) is 48.2. The van der Waals surface area contributed by atoms with E-state index >= 15 is 9.59 Å². The van der Waals surface area contributed by atoms with Crippen molar-refractivity contribution in [3.8, 4) is 5.75 Å². The van der Waals surface area contributed by atoms with Crippen LogP contribution in [-0.4, -0.2) is 81.6 Å². The molecule has 20 atom stereocenters. The predicted octanol–water partition coefficient (Wildman–Crippen LogP) is 11.5. The summed E-state index contributed by atoms with van der Waals surface area (Å²) >= 11 is 0. The van der Waals surface area contributed by atoms with Gasteiger partial charge in [0.05, 0.1) is 17.3 Å². The number of phenolic OH excluding ortho intramolecular Hbond substituents is 1. The number of hydrogen-bond donors (Lipinski definition) is 7. The Bertz CT molecular complexity index is 2680. The Balaban J connectivity index is 0.976. The molecule has 2 aliphatic heterocycles. The van der Waals surface area contributed by atoms with Crippen LogP contribution in [0.25, 0.3) is 0 Å². The predicted molar refractivity (Wildman–Crippen MR) is 305 cm³/mol. The molecule has 10 heteroatoms. The molecule has 2 aromatic rings. The number of hydrogen-bond acceptors (Lipinski definition) is 10. The van der Waals surface area contributed by atoms with E-state index in [9.17, 15) is 20.4 Å². The number of rotatable bonds is 9. The zero-order chi connectivity index (χ0) is 54.3. The number of Topliss-reactive ketones (excluding diaryl/α,β-unsaturated/α-hetero) is 2. The van der Waals surface area contributed by atoms with Crippen LogP contribution in [0.1, 0.15) is 204 Å². The second-order valence-corrected chi connectivity index (χ2v) is 29.7. The molecule has 13 rings (SSSR count). The minimum atomic E-state index is -0.922. The fraction of sp³-hybridized carbons (Fsp3) is 0.765. The normalized spacial score (nSPS) is 46.7. The number of nitrogens with one attached hydrogen (secondary N) is 2. The molecule has 9 aliphatic carbocycles. The Morgan fingerprint density at radius 1 is 0.833 bits per heavy atom. The second kappa shape index (κ2) is 19.8. The number of phenols is 1. The first kappa shape index (κ1) is 54.1. The van der Waals surface area contributed by atoms with Crippen LogP contribution < -0.4 is 16.4 Å². The molecule has 78 heavy (non-hydrogen) atoms. The van der Waals surface area contributed by atoms with E-state index in [0.29, 0.717) is 73.5 Å². The summed E-state index contributed by atoms with van der Waals surface area (Å²) in [5, 5.41) is 57.1. The van der Waals surface area contributed by atoms with E-state index in [4.69, 9.17) is 10.5 Å². The number of fused-ring (bicyclic) bond motifs is 2. The van der Waals surface area contributed by atoms with E-state index in [1.165, 1.54) is 24.0 Å². The van der Waals surface area contributed by atoms with Gasteiger partial charge >= 0.3 is 0 Å². The first-order valence-corrected chi connectivity index (χ1v) is 32.0. The number of β-amino-alcohol motifs (C(OH)–C–C–N with tert-alkyl or cyclic N) is 1. The molecule has 7 saturated carbocycles. The van der Waals surface area contributed by atoms with Crippen LogP contribution in [0.2, 0.25) is 0 Å². The highest BCUT2D eigenvalue weighted by molar-refractivity contribution is 6.01. The van der Waals surface area contributed by atoms with E-state index < -0.39 is 39.5 Å². The molecule has 8 N–H and O–H groups in total. The second-order valence-electron chi connectivity index (χ2n) is 29.7. The summed E-state index contributed by atoms with van der Waals surface area (Å²) in [5.74, 6) is 2.58. The highest BCUT2D eigenvalue weighted by Crippen LogP contribution is 2.81. The number of carbonyl (C=O) groups excluding carboxylic acids is 2. The molecule has 10 nitrogen and oxygen atoms in total. The van der Waals surface area contributed by atoms with E-state index in [2.05, 4.69) is 55.7 Å². The van der Waals surface area contributed by atoms with E-state index in [-0.39, 0.29) is 65.4 Å². The zero-order valence-corrected chi connectivity index (χ0v) is 48.2. The SMILES string of the molecule is CNCc1cc(O)cc([C@H]2C[C@@]3(C4CCCC4)[C@H]4CCC5=C6C(=O)C[C@]5(C)[C@]4(C[C@@H]4NC[C@](C)(O)CCCC[C@@](C)(C2=O)[C@H]43)[C@@H](CO)CC[C@H]2CCC[C@@H]3CC[C@H]([C@@H](O)[C@H]4O[C@]4(C)[C@@H]4CCC[C@H]4c4cccc(N)c4)[C@H]6[C@@H]32)c1. The number of aliphatic hydroxyl groups is 3. The van der Waals surface area contributed by atoms with Gasteiger partial charge in [0.15, 0.2) is 5.78 Å². The molecule has 1 spiro atoms. The molecule has 2 aromatic carbocycles. The topological polar surface area (TPSA) is 178 Å². The number of nitrogens with two attached hydrogens (primary N) is 1. The molecule has 11 aliphatic rings. The molecular weight excluding hydrogens is 971 g/mol. The fourth-order valence-electron chi connectivity index (χ4n) is 23.4. The molecule has 2 saturated heterocycles. The summed E-state index contributed by atoms with van der Waals surface area (Å²) in [6, 6.07) is 14.2. The van der Waals surface area contributed by atoms with Crippen LogP contribution in [0.5, 0.6) is 5.75 Å². The molecule has 0 aromatic heterocycles. The van der Waals surface area contributed by atoms with Gasteiger partial charge in [-0.1, -0.05) is 89.0 Å². The van der Waals surface area contributed by atoms with Crippen molar-refractivity contribution in [1.82, 2.24) is 10.6 Å². The quantitative estimate of drug-likeness (QED) is 0.0945. The Kier molecular flexibility index (Phi) is 13.7. The Morgan fingerprint density at radius 2 is 1.59 bits per heavy atom. The van der Waals surface area contributed by atoms with Gasteiger partial charge in [0.2, 0.25) is 0 Å². The number of epoxide rings is 1. The monoisotopic (exact) mass is 1070 g/mol. The number of ketones is 2. The number of nitrogen functional groups attached to an aromatic ring is 1. The number of aliphatic hydroxyl groups excluding tert-OH is 2. The van der Waals surface area contributed by atoms with Crippen LogP contribution in [-0.2, 0) is 20.9 Å². The maximum Gasteiger partial charge on any atom is 0.160 e. The summed E-state index contributed by atoms with van der Waals surface area (Å²) < 4.78 is 6.97. The smallest absolute Gasteiger partial charge is 0.160 e. The molecular formula is C68H97N3O7. The standard InChI is InChI=1S/C68H97N3O7/c1-63(77)27-8-9-28-64(2)60-53(71-38-63)34-68-45(37-72)23-21-40-13-10-14-41-22-24-49(59(75)62-66(4,78-62)51-20-12-19-48(51)42-15-11-18-46(69)31-42)57(56(40)41)58-52(65(68,3)35-54(58)74)25-26-55(68)67(60,44-16-6-7-17-44)33-50(61(64)76)43-29-39(36-70-5)30-47(73)32-43/h11,15,18,29-32,40-41,44-45,48-51,53,55-57,59-60,62,70-73,75,77H,6-10,12-14,16-17,19-28,33-38,69H2,1-5H3/t40-,41-,45-,48+,49+,50-,51-,53+,55-,56-,57+,59-,60+,62-,63-,64-,65+,66-,67-,68-/m1/s1. The van der Waals surface area contributed by atoms with Crippen LogP contribution >= 0.6 is 0 Å². The molecule has 4 bridgehead atoms. The molecule has 2 heterocycles. The van der Waals surface area contributed by atoms with Crippen LogP contribution in [0.15, 0.2) is 53.6 Å². The summed E-state index contributed by atoms with van der Waals surface area (Å²) in [5.41, 5.74) is 9.39. The van der Waals surface area contributed by atoms with Gasteiger partial charge in [0, 0.05) is 54.6 Å². The van der Waals surface area contributed by atoms with Gasteiger partial charge in [0.1, 0.15) is 17.6 Å². The lowest BCUT2D eigenvalue weighted by molar-refractivity contribution is -0.247. The van der Waals surface area contributed by atoms with Crippen molar-refractivity contribution in [2.75, 3.05) is 25.9 Å². The largest absolute Gasteiger partial charge is 0.508 e. The molecule has 9 fully saturated rings. The van der Waals surface area contributed by atoms with Gasteiger partial charge < -0.3 is 41.5 Å². The van der Waals surface area contributed by atoms with Crippen molar-refractivity contribution in [3.63, 3.8) is 0 Å².